The standard InChI is InChI=1S/C15H23N5O2/c1-10(8-16)9-18-14(21)19-12-4-3-11(2)13(7-12)20-6-5-17-15(20)22/h3-4,7,10H,5-6,8-9,16H2,1-2H3,(H,17,22)(H2,18,19,21). The SMILES string of the molecule is Cc1ccc(NC(=O)NCC(C)CN)cc1N1CCNC1=O. The first-order chi connectivity index (χ1) is 10.5. The van der Waals surface area contributed by atoms with Gasteiger partial charge in [0.25, 0.3) is 0 Å². The Kier molecular flexibility index (Phi) is 5.21. The summed E-state index contributed by atoms with van der Waals surface area (Å²) in [7, 11) is 0. The van der Waals surface area contributed by atoms with Crippen LogP contribution < -0.4 is 26.6 Å². The van der Waals surface area contributed by atoms with Crippen molar-refractivity contribution in [1.82, 2.24) is 10.6 Å². The lowest BCUT2D eigenvalue weighted by atomic mass is 10.1. The van der Waals surface area contributed by atoms with Gasteiger partial charge in [0.1, 0.15) is 0 Å². The number of urea groups is 2. The lowest BCUT2D eigenvalue weighted by molar-refractivity contribution is 0.250. The van der Waals surface area contributed by atoms with E-state index in [2.05, 4.69) is 16.0 Å². The Morgan fingerprint density at radius 1 is 1.50 bits per heavy atom. The van der Waals surface area contributed by atoms with E-state index >= 15 is 0 Å². The number of carbonyl (C=O) groups is 2. The Morgan fingerprint density at radius 2 is 2.27 bits per heavy atom. The first kappa shape index (κ1) is 16.1. The van der Waals surface area contributed by atoms with Crippen molar-refractivity contribution in [2.75, 3.05) is 36.4 Å². The zero-order valence-corrected chi connectivity index (χ0v) is 13.0. The third-order valence-electron chi connectivity index (χ3n) is 3.63. The fourth-order valence-corrected chi connectivity index (χ4v) is 2.20. The summed E-state index contributed by atoms with van der Waals surface area (Å²) in [5.41, 5.74) is 7.96. The van der Waals surface area contributed by atoms with Crippen molar-refractivity contribution < 1.29 is 9.59 Å². The van der Waals surface area contributed by atoms with E-state index in [9.17, 15) is 9.59 Å². The summed E-state index contributed by atoms with van der Waals surface area (Å²) in [6, 6.07) is 5.13. The zero-order chi connectivity index (χ0) is 16.1. The Hall–Kier alpha value is -2.28. The molecule has 0 aromatic heterocycles. The van der Waals surface area contributed by atoms with Gasteiger partial charge in [0.05, 0.1) is 5.69 Å². The Balaban J connectivity index is 2.03. The van der Waals surface area contributed by atoms with Gasteiger partial charge in [-0.05, 0) is 37.1 Å². The van der Waals surface area contributed by atoms with Crippen molar-refractivity contribution in [2.45, 2.75) is 13.8 Å². The van der Waals surface area contributed by atoms with Crippen LogP contribution in [-0.2, 0) is 0 Å². The molecule has 1 aliphatic rings. The third-order valence-corrected chi connectivity index (χ3v) is 3.63. The van der Waals surface area contributed by atoms with E-state index in [1.54, 1.807) is 4.90 Å². The summed E-state index contributed by atoms with van der Waals surface area (Å²) in [4.78, 5) is 25.3. The first-order valence-corrected chi connectivity index (χ1v) is 7.42. The minimum absolute atomic E-state index is 0.110. The van der Waals surface area contributed by atoms with Crippen molar-refractivity contribution >= 4 is 23.4 Å². The molecule has 1 heterocycles. The van der Waals surface area contributed by atoms with Gasteiger partial charge in [0.2, 0.25) is 0 Å². The molecule has 7 nitrogen and oxygen atoms in total. The number of rotatable bonds is 5. The van der Waals surface area contributed by atoms with Crippen LogP contribution in [0.2, 0.25) is 0 Å². The lowest BCUT2D eigenvalue weighted by Gasteiger charge is -2.18. The maximum absolute atomic E-state index is 11.9. The minimum atomic E-state index is -0.277. The second-order valence-electron chi connectivity index (χ2n) is 5.56. The Bertz CT molecular complexity index is 561. The smallest absolute Gasteiger partial charge is 0.322 e. The van der Waals surface area contributed by atoms with Crippen LogP contribution in [0, 0.1) is 12.8 Å². The molecule has 5 N–H and O–H groups in total. The van der Waals surface area contributed by atoms with Gasteiger partial charge < -0.3 is 21.7 Å². The molecule has 1 atom stereocenters. The molecule has 0 spiro atoms. The Morgan fingerprint density at radius 3 is 2.91 bits per heavy atom. The summed E-state index contributed by atoms with van der Waals surface area (Å²) in [5, 5.41) is 8.32. The van der Waals surface area contributed by atoms with Crippen LogP contribution in [0.5, 0.6) is 0 Å². The van der Waals surface area contributed by atoms with Gasteiger partial charge >= 0.3 is 12.1 Å². The normalized spacial score (nSPS) is 15.4. The van der Waals surface area contributed by atoms with Crippen LogP contribution in [0.1, 0.15) is 12.5 Å². The summed E-state index contributed by atoms with van der Waals surface area (Å²) in [5.74, 6) is 0.229. The molecule has 1 aromatic carbocycles. The van der Waals surface area contributed by atoms with Gasteiger partial charge in [-0.2, -0.15) is 0 Å². The highest BCUT2D eigenvalue weighted by atomic mass is 16.2. The molecule has 1 aromatic rings. The van der Waals surface area contributed by atoms with E-state index in [4.69, 9.17) is 5.73 Å². The van der Waals surface area contributed by atoms with Crippen molar-refractivity contribution in [3.05, 3.63) is 23.8 Å². The largest absolute Gasteiger partial charge is 0.338 e. The minimum Gasteiger partial charge on any atom is -0.338 e. The lowest BCUT2D eigenvalue weighted by Crippen LogP contribution is -2.34. The first-order valence-electron chi connectivity index (χ1n) is 7.42. The fourth-order valence-electron chi connectivity index (χ4n) is 2.20. The van der Waals surface area contributed by atoms with Crippen LogP contribution in [0.15, 0.2) is 18.2 Å². The van der Waals surface area contributed by atoms with Gasteiger partial charge in [-0.1, -0.05) is 13.0 Å². The molecular weight excluding hydrogens is 282 g/mol. The van der Waals surface area contributed by atoms with Gasteiger partial charge in [-0.15, -0.1) is 0 Å². The number of amides is 4. The number of nitrogens with one attached hydrogen (secondary N) is 3. The molecule has 1 fully saturated rings. The van der Waals surface area contributed by atoms with Gasteiger partial charge in [-0.25, -0.2) is 9.59 Å². The molecular formula is C15H23N5O2. The molecule has 0 saturated carbocycles. The van der Waals surface area contributed by atoms with E-state index in [-0.39, 0.29) is 18.0 Å². The quantitative estimate of drug-likeness (QED) is 0.658. The van der Waals surface area contributed by atoms with Crippen molar-refractivity contribution in [1.29, 1.82) is 0 Å². The zero-order valence-electron chi connectivity index (χ0n) is 13.0. The highest BCUT2D eigenvalue weighted by molar-refractivity contribution is 5.96. The summed E-state index contributed by atoms with van der Waals surface area (Å²) in [6.45, 7) is 6.22. The van der Waals surface area contributed by atoms with Crippen LogP contribution in [0.3, 0.4) is 0 Å². The predicted molar refractivity (Wildman–Crippen MR) is 87.2 cm³/mol. The number of nitrogens with two attached hydrogens (primary N) is 1. The molecule has 0 aliphatic carbocycles. The second-order valence-corrected chi connectivity index (χ2v) is 5.56. The maximum atomic E-state index is 11.9. The summed E-state index contributed by atoms with van der Waals surface area (Å²) < 4.78 is 0. The highest BCUT2D eigenvalue weighted by Crippen LogP contribution is 2.25. The molecule has 1 saturated heterocycles. The molecule has 0 bridgehead atoms. The number of anilines is 2. The van der Waals surface area contributed by atoms with E-state index in [0.717, 1.165) is 11.3 Å². The average Bonchev–Trinajstić information content (AvgIpc) is 2.92. The van der Waals surface area contributed by atoms with Crippen molar-refractivity contribution in [3.8, 4) is 0 Å². The number of nitrogens with zero attached hydrogens (tertiary/aromatic N) is 1. The van der Waals surface area contributed by atoms with Crippen molar-refractivity contribution in [2.24, 2.45) is 11.7 Å². The topological polar surface area (TPSA) is 99.5 Å². The predicted octanol–water partition coefficient (Wildman–Crippen LogP) is 1.24. The summed E-state index contributed by atoms with van der Waals surface area (Å²) >= 11 is 0. The van der Waals surface area contributed by atoms with E-state index < -0.39 is 0 Å². The van der Waals surface area contributed by atoms with Crippen LogP contribution in [0.25, 0.3) is 0 Å². The number of hydrogen-bond acceptors (Lipinski definition) is 3. The number of carbonyl (C=O) groups excluding carboxylic acids is 2. The maximum Gasteiger partial charge on any atom is 0.322 e. The molecule has 1 aliphatic heterocycles. The van der Waals surface area contributed by atoms with Gasteiger partial charge in [0, 0.05) is 25.3 Å². The number of hydrogen-bond donors (Lipinski definition) is 4. The van der Waals surface area contributed by atoms with E-state index in [0.29, 0.717) is 31.9 Å². The number of aryl methyl sites for hydroxylation is 1. The molecule has 0 radical (unpaired) electrons. The number of benzene rings is 1. The fraction of sp³-hybridized carbons (Fsp3) is 0.467. The van der Waals surface area contributed by atoms with Crippen LogP contribution in [-0.4, -0.2) is 38.2 Å². The molecule has 4 amide bonds. The van der Waals surface area contributed by atoms with E-state index in [1.165, 1.54) is 0 Å². The molecule has 22 heavy (non-hydrogen) atoms. The monoisotopic (exact) mass is 305 g/mol. The third kappa shape index (κ3) is 3.88. The second kappa shape index (κ2) is 7.13. The van der Waals surface area contributed by atoms with Crippen LogP contribution >= 0.6 is 0 Å². The molecule has 1 unspecified atom stereocenters. The molecule has 7 heteroatoms. The molecule has 2 rings (SSSR count). The van der Waals surface area contributed by atoms with Crippen molar-refractivity contribution in [3.63, 3.8) is 0 Å². The van der Waals surface area contributed by atoms with Gasteiger partial charge in [-0.3, -0.25) is 4.90 Å². The summed E-state index contributed by atoms with van der Waals surface area (Å²) in [6.07, 6.45) is 0. The van der Waals surface area contributed by atoms with Gasteiger partial charge in [0.15, 0.2) is 0 Å². The Labute approximate surface area is 130 Å². The average molecular weight is 305 g/mol. The molecule has 120 valence electrons. The highest BCUT2D eigenvalue weighted by Gasteiger charge is 2.22. The van der Waals surface area contributed by atoms with Crippen LogP contribution in [0.4, 0.5) is 21.0 Å². The van der Waals surface area contributed by atoms with E-state index in [1.807, 2.05) is 32.0 Å².